The minimum Gasteiger partial charge on any atom is -0.325 e. The van der Waals surface area contributed by atoms with E-state index in [1.54, 1.807) is 37.4 Å². The molecule has 1 N–H and O–H groups in total. The van der Waals surface area contributed by atoms with Crippen LogP contribution in [0.3, 0.4) is 0 Å². The van der Waals surface area contributed by atoms with Crippen molar-refractivity contribution in [1.82, 2.24) is 9.55 Å². The average Bonchev–Trinajstić information content (AvgIpc) is 2.77. The summed E-state index contributed by atoms with van der Waals surface area (Å²) in [6.07, 6.45) is 0.458. The number of benzene rings is 2. The Morgan fingerprint density at radius 1 is 1.00 bits per heavy atom. The van der Waals surface area contributed by atoms with Crippen LogP contribution in [-0.2, 0) is 18.3 Å². The zero-order valence-corrected chi connectivity index (χ0v) is 20.4. The lowest BCUT2D eigenvalue weighted by atomic mass is 9.96. The summed E-state index contributed by atoms with van der Waals surface area (Å²) < 4.78 is 1.50. The van der Waals surface area contributed by atoms with Gasteiger partial charge in [-0.3, -0.25) is 14.2 Å². The number of hydrogen-bond donors (Lipinski definition) is 1. The molecule has 2 heterocycles. The first-order valence-corrected chi connectivity index (χ1v) is 11.4. The highest BCUT2D eigenvalue weighted by Crippen LogP contribution is 2.39. The second-order valence-corrected chi connectivity index (χ2v) is 8.92. The van der Waals surface area contributed by atoms with Crippen LogP contribution < -0.4 is 10.9 Å². The molecule has 1 amide bonds. The van der Waals surface area contributed by atoms with Crippen molar-refractivity contribution in [2.45, 2.75) is 20.3 Å². The SMILES string of the molecule is CCc1c(NC(C)=O)c2cc(-c3ccc(Cl)cc3)c(-c3ccc(Cl)cc3Cl)nc2n(C)c1=O. The van der Waals surface area contributed by atoms with Gasteiger partial charge in [-0.2, -0.15) is 0 Å². The molecule has 0 aliphatic heterocycles. The van der Waals surface area contributed by atoms with Crippen LogP contribution in [0, 0.1) is 0 Å². The van der Waals surface area contributed by atoms with E-state index in [1.165, 1.54) is 11.5 Å². The smallest absolute Gasteiger partial charge is 0.257 e. The third-order valence-electron chi connectivity index (χ3n) is 5.45. The molecule has 0 saturated heterocycles. The zero-order valence-electron chi connectivity index (χ0n) is 18.2. The number of carbonyl (C=O) groups excluding carboxylic acids is 1. The van der Waals surface area contributed by atoms with Gasteiger partial charge >= 0.3 is 0 Å². The van der Waals surface area contributed by atoms with Crippen molar-refractivity contribution < 1.29 is 4.79 Å². The Hall–Kier alpha value is -2.86. The normalized spacial score (nSPS) is 11.1. The molecule has 0 bridgehead atoms. The molecule has 0 atom stereocenters. The van der Waals surface area contributed by atoms with E-state index in [0.717, 1.165) is 11.1 Å². The highest BCUT2D eigenvalue weighted by molar-refractivity contribution is 6.36. The van der Waals surface area contributed by atoms with Crippen molar-refractivity contribution in [3.63, 3.8) is 0 Å². The van der Waals surface area contributed by atoms with E-state index in [4.69, 9.17) is 39.8 Å². The highest BCUT2D eigenvalue weighted by Gasteiger charge is 2.21. The molecule has 0 aliphatic carbocycles. The lowest BCUT2D eigenvalue weighted by Crippen LogP contribution is -2.25. The first-order valence-electron chi connectivity index (χ1n) is 10.3. The number of fused-ring (bicyclic) bond motifs is 1. The summed E-state index contributed by atoms with van der Waals surface area (Å²) in [5, 5.41) is 5.04. The molecule has 0 aliphatic rings. The molecule has 33 heavy (non-hydrogen) atoms. The molecule has 0 radical (unpaired) electrons. The summed E-state index contributed by atoms with van der Waals surface area (Å²) in [6, 6.07) is 14.5. The van der Waals surface area contributed by atoms with E-state index >= 15 is 0 Å². The largest absolute Gasteiger partial charge is 0.325 e. The van der Waals surface area contributed by atoms with Crippen LogP contribution >= 0.6 is 34.8 Å². The van der Waals surface area contributed by atoms with Crippen LogP contribution in [-0.4, -0.2) is 15.5 Å². The van der Waals surface area contributed by atoms with E-state index < -0.39 is 0 Å². The number of nitrogens with one attached hydrogen (secondary N) is 1. The van der Waals surface area contributed by atoms with Crippen molar-refractivity contribution in [3.05, 3.63) is 79.5 Å². The fourth-order valence-electron chi connectivity index (χ4n) is 3.89. The second kappa shape index (κ2) is 9.18. The molecule has 5 nitrogen and oxygen atoms in total. The summed E-state index contributed by atoms with van der Waals surface area (Å²) in [6.45, 7) is 3.29. The Kier molecular flexibility index (Phi) is 6.48. The highest BCUT2D eigenvalue weighted by atomic mass is 35.5. The van der Waals surface area contributed by atoms with E-state index in [-0.39, 0.29) is 11.5 Å². The third kappa shape index (κ3) is 4.36. The maximum absolute atomic E-state index is 13.1. The Morgan fingerprint density at radius 2 is 1.67 bits per heavy atom. The van der Waals surface area contributed by atoms with Crippen molar-refractivity contribution >= 4 is 57.4 Å². The lowest BCUT2D eigenvalue weighted by molar-refractivity contribution is -0.114. The van der Waals surface area contributed by atoms with Gasteiger partial charge in [-0.1, -0.05) is 53.9 Å². The molecular weight excluding hydrogens is 481 g/mol. The molecule has 4 aromatic rings. The number of amides is 1. The maximum Gasteiger partial charge on any atom is 0.257 e. The number of aryl methyl sites for hydroxylation is 1. The number of rotatable bonds is 4. The van der Waals surface area contributed by atoms with Crippen LogP contribution in [0.4, 0.5) is 5.69 Å². The van der Waals surface area contributed by atoms with Gasteiger partial charge in [0, 0.05) is 46.1 Å². The van der Waals surface area contributed by atoms with E-state index in [1.807, 2.05) is 25.1 Å². The van der Waals surface area contributed by atoms with Gasteiger partial charge in [0.25, 0.3) is 5.56 Å². The Bertz CT molecular complexity index is 1460. The van der Waals surface area contributed by atoms with Gasteiger partial charge in [0.15, 0.2) is 0 Å². The summed E-state index contributed by atoms with van der Waals surface area (Å²) >= 11 is 18.8. The zero-order chi connectivity index (χ0) is 23.9. The van der Waals surface area contributed by atoms with Gasteiger partial charge in [-0.05, 0) is 48.4 Å². The molecule has 0 saturated carbocycles. The molecule has 0 unspecified atom stereocenters. The van der Waals surface area contributed by atoms with E-state index in [2.05, 4.69) is 5.32 Å². The van der Waals surface area contributed by atoms with Gasteiger partial charge in [0.2, 0.25) is 5.91 Å². The fourth-order valence-corrected chi connectivity index (χ4v) is 4.52. The van der Waals surface area contributed by atoms with Crippen LogP contribution in [0.25, 0.3) is 33.4 Å². The molecular formula is C25H20Cl3N3O2. The number of halogens is 3. The predicted octanol–water partition coefficient (Wildman–Crippen LogP) is 6.75. The van der Waals surface area contributed by atoms with Crippen molar-refractivity contribution in [2.24, 2.45) is 7.05 Å². The fraction of sp³-hybridized carbons (Fsp3) is 0.160. The van der Waals surface area contributed by atoms with E-state index in [0.29, 0.717) is 55.0 Å². The minimum absolute atomic E-state index is 0.214. The number of pyridine rings is 2. The number of carbonyl (C=O) groups is 1. The van der Waals surface area contributed by atoms with Crippen molar-refractivity contribution in [1.29, 1.82) is 0 Å². The minimum atomic E-state index is -0.267. The number of hydrogen-bond acceptors (Lipinski definition) is 3. The maximum atomic E-state index is 13.1. The molecule has 2 aromatic heterocycles. The lowest BCUT2D eigenvalue weighted by Gasteiger charge is -2.18. The first-order chi connectivity index (χ1) is 15.7. The molecule has 4 rings (SSSR count). The predicted molar refractivity (Wildman–Crippen MR) is 137 cm³/mol. The van der Waals surface area contributed by atoms with Gasteiger partial charge < -0.3 is 5.32 Å². The summed E-state index contributed by atoms with van der Waals surface area (Å²) in [4.78, 5) is 30.0. The van der Waals surface area contributed by atoms with Gasteiger partial charge in [0.05, 0.1) is 16.4 Å². The number of anilines is 1. The number of nitrogens with zero attached hydrogens (tertiary/aromatic N) is 2. The summed E-state index contributed by atoms with van der Waals surface area (Å²) in [5.41, 5.74) is 4.08. The van der Waals surface area contributed by atoms with Gasteiger partial charge in [-0.15, -0.1) is 0 Å². The van der Waals surface area contributed by atoms with Crippen LogP contribution in [0.1, 0.15) is 19.4 Å². The molecule has 8 heteroatoms. The van der Waals surface area contributed by atoms with Gasteiger partial charge in [0.1, 0.15) is 5.65 Å². The van der Waals surface area contributed by atoms with Crippen molar-refractivity contribution in [2.75, 3.05) is 5.32 Å². The molecule has 168 valence electrons. The monoisotopic (exact) mass is 499 g/mol. The third-order valence-corrected chi connectivity index (χ3v) is 6.25. The molecule has 0 spiro atoms. The summed E-state index contributed by atoms with van der Waals surface area (Å²) in [7, 11) is 1.67. The standard InChI is InChI=1S/C25H20Cl3N3O2/c1-4-17-22(29-13(2)32)20-12-19(14-5-7-15(26)8-6-14)23(30-24(20)31(3)25(17)33)18-10-9-16(27)11-21(18)28/h5-12H,4H2,1-3H3,(H,29,32). The van der Waals surface area contributed by atoms with Crippen LogP contribution in [0.2, 0.25) is 15.1 Å². The van der Waals surface area contributed by atoms with Crippen LogP contribution in [0.5, 0.6) is 0 Å². The Morgan fingerprint density at radius 3 is 2.27 bits per heavy atom. The average molecular weight is 501 g/mol. The van der Waals surface area contributed by atoms with Crippen LogP contribution in [0.15, 0.2) is 53.3 Å². The van der Waals surface area contributed by atoms with E-state index in [9.17, 15) is 9.59 Å². The number of aromatic nitrogens is 2. The van der Waals surface area contributed by atoms with Crippen molar-refractivity contribution in [3.8, 4) is 22.4 Å². The second-order valence-electron chi connectivity index (χ2n) is 7.64. The topological polar surface area (TPSA) is 64.0 Å². The molecule has 0 fully saturated rings. The molecule has 2 aromatic carbocycles. The van der Waals surface area contributed by atoms with Gasteiger partial charge in [-0.25, -0.2) is 4.98 Å². The summed E-state index contributed by atoms with van der Waals surface area (Å²) in [5.74, 6) is -0.267. The Balaban J connectivity index is 2.17. The quantitative estimate of drug-likeness (QED) is 0.337. The Labute approximate surface area is 205 Å². The first kappa shape index (κ1) is 23.3.